The Kier molecular flexibility index (Phi) is 5.33. The molecule has 1 saturated heterocycles. The van der Waals surface area contributed by atoms with Crippen LogP contribution in [0.3, 0.4) is 0 Å². The molecule has 0 bridgehead atoms. The summed E-state index contributed by atoms with van der Waals surface area (Å²) >= 11 is 0. The molecule has 1 aliphatic rings. The predicted molar refractivity (Wildman–Crippen MR) is 112 cm³/mol. The van der Waals surface area contributed by atoms with Gasteiger partial charge in [-0.05, 0) is 31.5 Å². The Hall–Kier alpha value is -3.55. The molecule has 2 aromatic heterocycles. The smallest absolute Gasteiger partial charge is 0.275 e. The van der Waals surface area contributed by atoms with Crippen molar-refractivity contribution in [2.45, 2.75) is 13.8 Å². The summed E-state index contributed by atoms with van der Waals surface area (Å²) in [4.78, 5) is 34.2. The van der Waals surface area contributed by atoms with Gasteiger partial charge in [0, 0.05) is 44.3 Å². The van der Waals surface area contributed by atoms with E-state index in [9.17, 15) is 4.79 Å². The number of aryl methyl sites for hydroxylation is 2. The molecule has 1 aromatic carbocycles. The lowest BCUT2D eigenvalue weighted by Gasteiger charge is -2.35. The minimum Gasteiger partial charge on any atom is -0.352 e. The Morgan fingerprint density at radius 2 is 1.66 bits per heavy atom. The number of amides is 1. The Morgan fingerprint density at radius 3 is 2.31 bits per heavy atom. The number of benzene rings is 1. The van der Waals surface area contributed by atoms with Crippen molar-refractivity contribution in [2.24, 2.45) is 0 Å². The Balaban J connectivity index is 1.37. The third-order valence-corrected chi connectivity index (χ3v) is 4.94. The van der Waals surface area contributed by atoms with Gasteiger partial charge in [-0.1, -0.05) is 17.7 Å². The van der Waals surface area contributed by atoms with Crippen LogP contribution in [-0.4, -0.2) is 52.0 Å². The van der Waals surface area contributed by atoms with Crippen LogP contribution in [0.15, 0.2) is 49.1 Å². The molecule has 1 fully saturated rings. The molecule has 4 rings (SSSR count). The molecule has 1 aliphatic heterocycles. The number of anilines is 3. The average Bonchev–Trinajstić information content (AvgIpc) is 2.76. The van der Waals surface area contributed by atoms with E-state index >= 15 is 0 Å². The highest BCUT2D eigenvalue weighted by atomic mass is 16.1. The second-order valence-corrected chi connectivity index (χ2v) is 7.06. The van der Waals surface area contributed by atoms with Crippen LogP contribution in [0.4, 0.5) is 17.5 Å². The molecule has 148 valence electrons. The van der Waals surface area contributed by atoms with E-state index in [0.29, 0.717) is 5.69 Å². The lowest BCUT2D eigenvalue weighted by atomic mass is 10.1. The van der Waals surface area contributed by atoms with Gasteiger partial charge < -0.3 is 15.1 Å². The highest BCUT2D eigenvalue weighted by Gasteiger charge is 2.20. The van der Waals surface area contributed by atoms with E-state index in [1.807, 2.05) is 38.1 Å². The molecule has 0 unspecified atom stereocenters. The van der Waals surface area contributed by atoms with E-state index in [-0.39, 0.29) is 5.91 Å². The van der Waals surface area contributed by atoms with Gasteiger partial charge >= 0.3 is 0 Å². The summed E-state index contributed by atoms with van der Waals surface area (Å²) in [6.45, 7) is 7.19. The molecule has 1 N–H and O–H groups in total. The van der Waals surface area contributed by atoms with Crippen LogP contribution < -0.4 is 15.1 Å². The Morgan fingerprint density at radius 1 is 0.931 bits per heavy atom. The summed E-state index contributed by atoms with van der Waals surface area (Å²) in [5.74, 6) is 1.25. The van der Waals surface area contributed by atoms with Crippen LogP contribution in [0.5, 0.6) is 0 Å². The van der Waals surface area contributed by atoms with Crippen molar-refractivity contribution in [2.75, 3.05) is 41.3 Å². The maximum absolute atomic E-state index is 12.5. The van der Waals surface area contributed by atoms with Gasteiger partial charge in [0.25, 0.3) is 5.91 Å². The molecule has 1 amide bonds. The summed E-state index contributed by atoms with van der Waals surface area (Å²) in [6, 6.07) is 7.72. The molecule has 8 nitrogen and oxygen atoms in total. The summed E-state index contributed by atoms with van der Waals surface area (Å²) in [7, 11) is 0. The van der Waals surface area contributed by atoms with Crippen LogP contribution in [0.1, 0.15) is 21.6 Å². The molecule has 3 heterocycles. The summed E-state index contributed by atoms with van der Waals surface area (Å²) in [6.07, 6.45) is 6.69. The van der Waals surface area contributed by atoms with E-state index in [1.54, 1.807) is 18.6 Å². The standard InChI is InChI=1S/C21H23N7O/c1-15-4-5-17(16(2)12-15)26-20(29)18-13-25-19(14-24-18)27-8-10-28(11-9-27)21-22-6-3-7-23-21/h3-7,12-14H,8-11H2,1-2H3,(H,26,29). The van der Waals surface area contributed by atoms with Crippen LogP contribution >= 0.6 is 0 Å². The van der Waals surface area contributed by atoms with Gasteiger partial charge in [-0.15, -0.1) is 0 Å². The van der Waals surface area contributed by atoms with Gasteiger partial charge in [0.15, 0.2) is 0 Å². The van der Waals surface area contributed by atoms with Crippen molar-refractivity contribution in [3.63, 3.8) is 0 Å². The van der Waals surface area contributed by atoms with E-state index in [0.717, 1.165) is 54.8 Å². The average molecular weight is 389 g/mol. The summed E-state index contributed by atoms with van der Waals surface area (Å²) < 4.78 is 0. The fourth-order valence-corrected chi connectivity index (χ4v) is 3.33. The van der Waals surface area contributed by atoms with Crippen molar-refractivity contribution < 1.29 is 4.79 Å². The number of carbonyl (C=O) groups is 1. The lowest BCUT2D eigenvalue weighted by molar-refractivity contribution is 0.102. The zero-order chi connectivity index (χ0) is 20.2. The molecule has 0 spiro atoms. The van der Waals surface area contributed by atoms with Gasteiger partial charge in [0.2, 0.25) is 5.95 Å². The molecule has 0 aliphatic carbocycles. The van der Waals surface area contributed by atoms with E-state index in [1.165, 1.54) is 6.20 Å². The third-order valence-electron chi connectivity index (χ3n) is 4.94. The van der Waals surface area contributed by atoms with Crippen molar-refractivity contribution in [1.29, 1.82) is 0 Å². The lowest BCUT2D eigenvalue weighted by Crippen LogP contribution is -2.47. The topological polar surface area (TPSA) is 87.1 Å². The first kappa shape index (κ1) is 18.8. The van der Waals surface area contributed by atoms with E-state index in [2.05, 4.69) is 35.1 Å². The highest BCUT2D eigenvalue weighted by Crippen LogP contribution is 2.18. The second-order valence-electron chi connectivity index (χ2n) is 7.06. The number of aromatic nitrogens is 4. The van der Waals surface area contributed by atoms with Crippen molar-refractivity contribution in [1.82, 2.24) is 19.9 Å². The zero-order valence-electron chi connectivity index (χ0n) is 16.5. The zero-order valence-corrected chi connectivity index (χ0v) is 16.5. The minimum atomic E-state index is -0.262. The largest absolute Gasteiger partial charge is 0.352 e. The monoisotopic (exact) mass is 389 g/mol. The first-order valence-corrected chi connectivity index (χ1v) is 9.58. The van der Waals surface area contributed by atoms with Crippen LogP contribution in [0.2, 0.25) is 0 Å². The molecule has 8 heteroatoms. The molecule has 0 radical (unpaired) electrons. The van der Waals surface area contributed by atoms with Crippen LogP contribution in [0.25, 0.3) is 0 Å². The minimum absolute atomic E-state index is 0.262. The van der Waals surface area contributed by atoms with Crippen molar-refractivity contribution in [3.05, 3.63) is 65.9 Å². The summed E-state index contributed by atoms with van der Waals surface area (Å²) in [5.41, 5.74) is 3.25. The summed E-state index contributed by atoms with van der Waals surface area (Å²) in [5, 5.41) is 2.90. The quantitative estimate of drug-likeness (QED) is 0.733. The van der Waals surface area contributed by atoms with Gasteiger partial charge in [0.1, 0.15) is 11.5 Å². The fourth-order valence-electron chi connectivity index (χ4n) is 3.33. The normalized spacial score (nSPS) is 14.0. The van der Waals surface area contributed by atoms with Crippen LogP contribution in [-0.2, 0) is 0 Å². The van der Waals surface area contributed by atoms with Gasteiger partial charge in [-0.3, -0.25) is 4.79 Å². The first-order valence-electron chi connectivity index (χ1n) is 9.58. The molecule has 0 atom stereocenters. The maximum atomic E-state index is 12.5. The number of nitrogens with one attached hydrogen (secondary N) is 1. The van der Waals surface area contributed by atoms with E-state index < -0.39 is 0 Å². The second kappa shape index (κ2) is 8.22. The fraction of sp³-hybridized carbons (Fsp3) is 0.286. The van der Waals surface area contributed by atoms with Gasteiger partial charge in [-0.25, -0.2) is 19.9 Å². The molecular weight excluding hydrogens is 366 g/mol. The number of hydrogen-bond acceptors (Lipinski definition) is 7. The first-order chi connectivity index (χ1) is 14.1. The maximum Gasteiger partial charge on any atom is 0.275 e. The Bertz CT molecular complexity index is 984. The van der Waals surface area contributed by atoms with E-state index in [4.69, 9.17) is 0 Å². The van der Waals surface area contributed by atoms with Gasteiger partial charge in [-0.2, -0.15) is 0 Å². The SMILES string of the molecule is Cc1ccc(NC(=O)c2cnc(N3CCN(c4ncccn4)CC3)cn2)c(C)c1. The molecule has 0 saturated carbocycles. The number of hydrogen-bond donors (Lipinski definition) is 1. The Labute approximate surface area is 169 Å². The third kappa shape index (κ3) is 4.31. The number of rotatable bonds is 4. The van der Waals surface area contributed by atoms with Crippen molar-refractivity contribution in [3.8, 4) is 0 Å². The highest BCUT2D eigenvalue weighted by molar-refractivity contribution is 6.03. The molecule has 29 heavy (non-hydrogen) atoms. The van der Waals surface area contributed by atoms with Crippen LogP contribution in [0, 0.1) is 13.8 Å². The number of piperazine rings is 1. The number of carbonyl (C=O) groups excluding carboxylic acids is 1. The molecule has 3 aromatic rings. The predicted octanol–water partition coefficient (Wildman–Crippen LogP) is 2.46. The number of nitrogens with zero attached hydrogens (tertiary/aromatic N) is 6. The van der Waals surface area contributed by atoms with Crippen molar-refractivity contribution >= 4 is 23.4 Å². The molecular formula is C21H23N7O. The van der Waals surface area contributed by atoms with Gasteiger partial charge in [0.05, 0.1) is 12.4 Å².